The Morgan fingerprint density at radius 1 is 1.00 bits per heavy atom. The van der Waals surface area contributed by atoms with Crippen molar-refractivity contribution < 1.29 is 24.4 Å². The third-order valence-electron chi connectivity index (χ3n) is 8.29. The van der Waals surface area contributed by atoms with Crippen LogP contribution in [0.1, 0.15) is 44.3 Å². The number of halogens is 1. The SMILES string of the molecule is CCCC1=C2B(O)O[C@H](c3cc(Br)ccc3O)C[C@H]2[C@H]2C(=O)N(c3ccc(Nc4ccccc4)cc3)C(=O)[C@H]2C1. The summed E-state index contributed by atoms with van der Waals surface area (Å²) >= 11 is 3.45. The molecule has 1 aliphatic carbocycles. The molecule has 3 aromatic carbocycles. The van der Waals surface area contributed by atoms with Crippen LogP contribution in [-0.2, 0) is 14.2 Å². The van der Waals surface area contributed by atoms with Gasteiger partial charge in [0.05, 0.1) is 23.6 Å². The van der Waals surface area contributed by atoms with Crippen LogP contribution in [0.15, 0.2) is 88.3 Å². The zero-order valence-electron chi connectivity index (χ0n) is 22.1. The molecule has 3 aromatic rings. The van der Waals surface area contributed by atoms with Crippen molar-refractivity contribution >= 4 is 51.9 Å². The number of allylic oxidation sites excluding steroid dienone is 2. The molecule has 40 heavy (non-hydrogen) atoms. The van der Waals surface area contributed by atoms with E-state index >= 15 is 0 Å². The lowest BCUT2D eigenvalue weighted by atomic mass is 9.54. The van der Waals surface area contributed by atoms with E-state index in [9.17, 15) is 19.7 Å². The first-order valence-corrected chi connectivity index (χ1v) is 14.5. The number of imide groups is 1. The molecular formula is C31H30BBrN2O5. The molecule has 0 spiro atoms. The Kier molecular flexibility index (Phi) is 7.29. The molecule has 9 heteroatoms. The summed E-state index contributed by atoms with van der Waals surface area (Å²) in [5.41, 5.74) is 4.62. The van der Waals surface area contributed by atoms with E-state index in [1.807, 2.05) is 42.5 Å². The van der Waals surface area contributed by atoms with Crippen molar-refractivity contribution in [1.82, 2.24) is 0 Å². The number of benzene rings is 3. The number of nitrogens with one attached hydrogen (secondary N) is 1. The molecule has 2 amide bonds. The van der Waals surface area contributed by atoms with Gasteiger partial charge in [0.25, 0.3) is 0 Å². The summed E-state index contributed by atoms with van der Waals surface area (Å²) in [5, 5.41) is 25.1. The van der Waals surface area contributed by atoms with E-state index in [0.717, 1.165) is 39.7 Å². The zero-order chi connectivity index (χ0) is 28.0. The first-order valence-electron chi connectivity index (χ1n) is 13.7. The van der Waals surface area contributed by atoms with Crippen LogP contribution in [0.2, 0.25) is 0 Å². The van der Waals surface area contributed by atoms with E-state index in [4.69, 9.17) is 4.65 Å². The fraction of sp³-hybridized carbons (Fsp3) is 0.290. The van der Waals surface area contributed by atoms with Crippen LogP contribution < -0.4 is 10.2 Å². The first kappa shape index (κ1) is 26.8. The van der Waals surface area contributed by atoms with Crippen LogP contribution in [-0.4, -0.2) is 29.1 Å². The molecule has 4 atom stereocenters. The van der Waals surface area contributed by atoms with Gasteiger partial charge in [0, 0.05) is 21.4 Å². The number of anilines is 3. The van der Waals surface area contributed by atoms with Gasteiger partial charge in [-0.25, -0.2) is 0 Å². The lowest BCUT2D eigenvalue weighted by Crippen LogP contribution is -2.45. The second kappa shape index (κ2) is 10.9. The number of phenols is 1. The highest BCUT2D eigenvalue weighted by Gasteiger charge is 2.58. The maximum atomic E-state index is 14.0. The normalized spacial score (nSPS) is 24.3. The highest BCUT2D eigenvalue weighted by molar-refractivity contribution is 9.10. The molecule has 2 fully saturated rings. The Morgan fingerprint density at radius 3 is 2.45 bits per heavy atom. The van der Waals surface area contributed by atoms with E-state index in [1.54, 1.807) is 30.3 Å². The van der Waals surface area contributed by atoms with Gasteiger partial charge in [-0.05, 0) is 85.3 Å². The van der Waals surface area contributed by atoms with Gasteiger partial charge >= 0.3 is 7.12 Å². The van der Waals surface area contributed by atoms with Gasteiger partial charge in [0.1, 0.15) is 5.75 Å². The zero-order valence-corrected chi connectivity index (χ0v) is 23.7. The summed E-state index contributed by atoms with van der Waals surface area (Å²) in [4.78, 5) is 29.1. The summed E-state index contributed by atoms with van der Waals surface area (Å²) in [6.45, 7) is 2.06. The lowest BCUT2D eigenvalue weighted by Gasteiger charge is -2.42. The van der Waals surface area contributed by atoms with E-state index < -0.39 is 25.1 Å². The van der Waals surface area contributed by atoms with Crippen LogP contribution >= 0.6 is 15.9 Å². The van der Waals surface area contributed by atoms with Crippen LogP contribution in [0.3, 0.4) is 0 Å². The molecule has 0 radical (unpaired) electrons. The van der Waals surface area contributed by atoms with Gasteiger partial charge < -0.3 is 20.1 Å². The van der Waals surface area contributed by atoms with Gasteiger partial charge in [0.2, 0.25) is 11.8 Å². The van der Waals surface area contributed by atoms with Crippen molar-refractivity contribution in [2.24, 2.45) is 17.8 Å². The summed E-state index contributed by atoms with van der Waals surface area (Å²) in [7, 11) is -1.20. The molecular weight excluding hydrogens is 571 g/mol. The van der Waals surface area contributed by atoms with Crippen molar-refractivity contribution in [3.05, 3.63) is 93.9 Å². The van der Waals surface area contributed by atoms with Gasteiger partial charge in [-0.2, -0.15) is 0 Å². The number of aromatic hydroxyl groups is 1. The van der Waals surface area contributed by atoms with Crippen LogP contribution in [0.5, 0.6) is 5.75 Å². The number of nitrogens with zero attached hydrogens (tertiary/aromatic N) is 1. The minimum absolute atomic E-state index is 0.0635. The Morgan fingerprint density at radius 2 is 1.73 bits per heavy atom. The summed E-state index contributed by atoms with van der Waals surface area (Å²) in [5.74, 6) is -1.84. The molecule has 0 saturated carbocycles. The molecule has 3 N–H and O–H groups in total. The number of hydrogen-bond donors (Lipinski definition) is 3. The van der Waals surface area contributed by atoms with Crippen LogP contribution in [0.25, 0.3) is 0 Å². The van der Waals surface area contributed by atoms with E-state index in [-0.39, 0.29) is 23.5 Å². The van der Waals surface area contributed by atoms with Gasteiger partial charge in [0.15, 0.2) is 0 Å². The third kappa shape index (κ3) is 4.76. The topological polar surface area (TPSA) is 99.1 Å². The highest BCUT2D eigenvalue weighted by atomic mass is 79.9. The third-order valence-corrected chi connectivity index (χ3v) is 8.78. The fourth-order valence-corrected chi connectivity index (χ4v) is 6.95. The van der Waals surface area contributed by atoms with E-state index in [1.165, 1.54) is 4.90 Å². The number of amides is 2. The average molecular weight is 601 g/mol. The van der Waals surface area contributed by atoms with Gasteiger partial charge in [-0.15, -0.1) is 0 Å². The fourth-order valence-electron chi connectivity index (χ4n) is 6.57. The molecule has 6 rings (SSSR count). The van der Waals surface area contributed by atoms with Crippen molar-refractivity contribution in [2.45, 2.75) is 38.7 Å². The van der Waals surface area contributed by atoms with Crippen LogP contribution in [0.4, 0.5) is 17.1 Å². The number of para-hydroxylation sites is 1. The van der Waals surface area contributed by atoms with Crippen molar-refractivity contribution in [1.29, 1.82) is 0 Å². The molecule has 0 aromatic heterocycles. The smallest absolute Gasteiger partial charge is 0.487 e. The molecule has 0 bridgehead atoms. The Hall–Kier alpha value is -3.40. The van der Waals surface area contributed by atoms with E-state index in [0.29, 0.717) is 24.1 Å². The van der Waals surface area contributed by atoms with Gasteiger partial charge in [-0.3, -0.25) is 14.5 Å². The van der Waals surface area contributed by atoms with Crippen LogP contribution in [0, 0.1) is 17.8 Å². The quantitative estimate of drug-likeness (QED) is 0.227. The molecule has 7 nitrogen and oxygen atoms in total. The van der Waals surface area contributed by atoms with Crippen molar-refractivity contribution in [2.75, 3.05) is 10.2 Å². The lowest BCUT2D eigenvalue weighted by molar-refractivity contribution is -0.123. The molecule has 3 aliphatic rings. The molecule has 2 aliphatic heterocycles. The number of phenolic OH excluding ortho intramolecular Hbond substituents is 1. The number of fused-ring (bicyclic) bond motifs is 3. The minimum atomic E-state index is -1.20. The first-order chi connectivity index (χ1) is 19.4. The Bertz CT molecular complexity index is 1480. The molecule has 204 valence electrons. The van der Waals surface area contributed by atoms with E-state index in [2.05, 4.69) is 28.2 Å². The van der Waals surface area contributed by atoms with Crippen molar-refractivity contribution in [3.8, 4) is 5.75 Å². The highest BCUT2D eigenvalue weighted by Crippen LogP contribution is 2.53. The number of rotatable bonds is 6. The number of carbonyl (C=O) groups excluding carboxylic acids is 2. The minimum Gasteiger partial charge on any atom is -0.508 e. The maximum Gasteiger partial charge on any atom is 0.487 e. The standard InChI is InChI=1S/C31H30BBrN2O5/c1-2-6-18-15-25-28(24-17-27(40-32(39)29(18)24)23-16-19(33)9-14-26(23)36)31(38)35(30(25)37)22-12-10-21(11-13-22)34-20-7-4-3-5-8-20/h3-5,7-14,16,24-25,27-28,34,36,39H,2,6,15,17H2,1H3/t24-,25-,27-,28+/m0/s1. The summed E-state index contributed by atoms with van der Waals surface area (Å²) in [6, 6.07) is 22.2. The van der Waals surface area contributed by atoms with Crippen molar-refractivity contribution in [3.63, 3.8) is 0 Å². The Labute approximate surface area is 242 Å². The molecule has 0 unspecified atom stereocenters. The number of hydrogen-bond acceptors (Lipinski definition) is 6. The predicted octanol–water partition coefficient (Wildman–Crippen LogP) is 6.30. The second-order valence-corrected chi connectivity index (χ2v) is 11.6. The second-order valence-electron chi connectivity index (χ2n) is 10.7. The largest absolute Gasteiger partial charge is 0.508 e. The monoisotopic (exact) mass is 600 g/mol. The molecule has 2 saturated heterocycles. The average Bonchev–Trinajstić information content (AvgIpc) is 3.20. The maximum absolute atomic E-state index is 14.0. The number of carbonyl (C=O) groups is 2. The molecule has 2 heterocycles. The Balaban J connectivity index is 1.32. The summed E-state index contributed by atoms with van der Waals surface area (Å²) in [6.07, 6.45) is 1.78. The summed E-state index contributed by atoms with van der Waals surface area (Å²) < 4.78 is 6.81. The van der Waals surface area contributed by atoms with Gasteiger partial charge in [-0.1, -0.05) is 53.0 Å². The predicted molar refractivity (Wildman–Crippen MR) is 158 cm³/mol.